The summed E-state index contributed by atoms with van der Waals surface area (Å²) in [4.78, 5) is 15.2. The number of rotatable bonds is 6. The van der Waals surface area contributed by atoms with Crippen LogP contribution in [0.1, 0.15) is 40.3 Å². The summed E-state index contributed by atoms with van der Waals surface area (Å²) in [5.74, 6) is -0.772. The Labute approximate surface area is 129 Å². The molecule has 0 spiro atoms. The van der Waals surface area contributed by atoms with E-state index in [1.54, 1.807) is 11.8 Å². The minimum Gasteiger partial charge on any atom is -0.481 e. The van der Waals surface area contributed by atoms with Crippen molar-refractivity contribution in [3.05, 3.63) is 11.9 Å². The van der Waals surface area contributed by atoms with E-state index >= 15 is 0 Å². The number of nitrogens with zero attached hydrogens (tertiary/aromatic N) is 2. The van der Waals surface area contributed by atoms with Crippen LogP contribution < -0.4 is 0 Å². The number of imidazole rings is 1. The summed E-state index contributed by atoms with van der Waals surface area (Å²) in [6, 6.07) is 0. The average molecular weight is 316 g/mol. The van der Waals surface area contributed by atoms with Crippen molar-refractivity contribution in [2.75, 3.05) is 12.0 Å². The molecule has 1 N–H and O–H groups in total. The van der Waals surface area contributed by atoms with Gasteiger partial charge in [0.1, 0.15) is 0 Å². The van der Waals surface area contributed by atoms with Gasteiger partial charge in [0.15, 0.2) is 5.16 Å². The van der Waals surface area contributed by atoms with Gasteiger partial charge in [0, 0.05) is 28.6 Å². The van der Waals surface area contributed by atoms with Crippen LogP contribution in [0.3, 0.4) is 0 Å². The molecule has 0 fully saturated rings. The topological polar surface area (TPSA) is 55.1 Å². The van der Waals surface area contributed by atoms with Crippen molar-refractivity contribution in [3.63, 3.8) is 0 Å². The zero-order valence-corrected chi connectivity index (χ0v) is 14.7. The Morgan fingerprint density at radius 2 is 1.95 bits per heavy atom. The monoisotopic (exact) mass is 316 g/mol. The molecule has 0 bridgehead atoms. The molecule has 0 aliphatic carbocycles. The number of thioether (sulfide) groups is 2. The summed E-state index contributed by atoms with van der Waals surface area (Å²) >= 11 is 3.09. The second-order valence-corrected chi connectivity index (χ2v) is 8.86. The van der Waals surface area contributed by atoms with Crippen LogP contribution in [0, 0.1) is 0 Å². The highest BCUT2D eigenvalue weighted by Gasteiger charge is 2.26. The number of carbonyl (C=O) groups is 1. The molecule has 1 heterocycles. The molecule has 4 nitrogen and oxygen atoms in total. The van der Waals surface area contributed by atoms with Gasteiger partial charge in [0.25, 0.3) is 0 Å². The number of hydrogen-bond donors (Lipinski definition) is 1. The highest BCUT2D eigenvalue weighted by molar-refractivity contribution is 8.00. The largest absolute Gasteiger partial charge is 0.481 e. The molecule has 0 saturated carbocycles. The molecule has 0 aliphatic rings. The van der Waals surface area contributed by atoms with E-state index < -0.39 is 5.97 Å². The second-order valence-electron chi connectivity index (χ2n) is 6.41. The van der Waals surface area contributed by atoms with Crippen LogP contribution in [0.25, 0.3) is 0 Å². The number of hydrogen-bond acceptors (Lipinski definition) is 4. The van der Waals surface area contributed by atoms with E-state index in [0.717, 1.165) is 17.4 Å². The van der Waals surface area contributed by atoms with Crippen LogP contribution in [-0.2, 0) is 16.8 Å². The van der Waals surface area contributed by atoms with Crippen LogP contribution in [-0.4, -0.2) is 37.4 Å². The van der Waals surface area contributed by atoms with Crippen molar-refractivity contribution in [2.45, 2.75) is 56.5 Å². The highest BCUT2D eigenvalue weighted by atomic mass is 32.2. The molecule has 0 aromatic carbocycles. The lowest BCUT2D eigenvalue weighted by Crippen LogP contribution is -2.27. The molecule has 0 aliphatic heterocycles. The Kier molecular flexibility index (Phi) is 5.61. The van der Waals surface area contributed by atoms with Gasteiger partial charge in [0.2, 0.25) is 0 Å². The molecule has 114 valence electrons. The van der Waals surface area contributed by atoms with E-state index in [1.165, 1.54) is 11.8 Å². The third kappa shape index (κ3) is 4.74. The summed E-state index contributed by atoms with van der Waals surface area (Å²) < 4.78 is 2.25. The van der Waals surface area contributed by atoms with E-state index in [0.29, 0.717) is 0 Å². The van der Waals surface area contributed by atoms with Crippen molar-refractivity contribution >= 4 is 29.5 Å². The van der Waals surface area contributed by atoms with E-state index in [2.05, 4.69) is 50.4 Å². The van der Waals surface area contributed by atoms with Crippen LogP contribution in [0.5, 0.6) is 0 Å². The quantitative estimate of drug-likeness (QED) is 0.814. The van der Waals surface area contributed by atoms with Crippen molar-refractivity contribution in [3.8, 4) is 0 Å². The van der Waals surface area contributed by atoms with Crippen molar-refractivity contribution in [1.82, 2.24) is 9.55 Å². The lowest BCUT2D eigenvalue weighted by molar-refractivity contribution is -0.133. The van der Waals surface area contributed by atoms with Crippen molar-refractivity contribution in [1.29, 1.82) is 0 Å². The third-order valence-electron chi connectivity index (χ3n) is 3.00. The minimum atomic E-state index is -0.814. The van der Waals surface area contributed by atoms with Gasteiger partial charge in [0.05, 0.1) is 5.75 Å². The lowest BCUT2D eigenvalue weighted by Gasteiger charge is -2.28. The third-order valence-corrected chi connectivity index (χ3v) is 5.21. The van der Waals surface area contributed by atoms with Gasteiger partial charge < -0.3 is 9.67 Å². The maximum Gasteiger partial charge on any atom is 0.313 e. The first-order valence-corrected chi connectivity index (χ1v) is 8.73. The summed E-state index contributed by atoms with van der Waals surface area (Å²) in [7, 11) is 0. The summed E-state index contributed by atoms with van der Waals surface area (Å²) in [5, 5.41) is 9.64. The smallest absolute Gasteiger partial charge is 0.313 e. The normalized spacial score (nSPS) is 12.7. The highest BCUT2D eigenvalue weighted by Crippen LogP contribution is 2.32. The van der Waals surface area contributed by atoms with Crippen LogP contribution in [0.2, 0.25) is 0 Å². The van der Waals surface area contributed by atoms with Crippen LogP contribution in [0.4, 0.5) is 0 Å². The molecular formula is C14H24N2O2S2. The molecule has 6 heteroatoms. The fourth-order valence-electron chi connectivity index (χ4n) is 1.80. The molecule has 1 rings (SSSR count). The molecule has 20 heavy (non-hydrogen) atoms. The molecule has 0 atom stereocenters. The summed E-state index contributed by atoms with van der Waals surface area (Å²) in [6.45, 7) is 11.7. The van der Waals surface area contributed by atoms with Gasteiger partial charge in [-0.15, -0.1) is 0 Å². The van der Waals surface area contributed by atoms with Gasteiger partial charge in [-0.25, -0.2) is 4.98 Å². The minimum absolute atomic E-state index is 0.0104. The number of aromatic nitrogens is 2. The average Bonchev–Trinajstić information content (AvgIpc) is 2.68. The first-order chi connectivity index (χ1) is 9.07. The molecule has 0 amide bonds. The predicted octanol–water partition coefficient (Wildman–Crippen LogP) is 3.50. The molecule has 0 unspecified atom stereocenters. The van der Waals surface area contributed by atoms with Crippen LogP contribution in [0.15, 0.2) is 11.4 Å². The Hall–Kier alpha value is -0.620. The van der Waals surface area contributed by atoms with Gasteiger partial charge in [-0.3, -0.25) is 4.79 Å². The van der Waals surface area contributed by atoms with E-state index in [-0.39, 0.29) is 15.9 Å². The molecular weight excluding hydrogens is 292 g/mol. The van der Waals surface area contributed by atoms with Crippen molar-refractivity contribution in [2.24, 2.45) is 0 Å². The fourth-order valence-corrected chi connectivity index (χ4v) is 2.75. The van der Waals surface area contributed by atoms with Crippen molar-refractivity contribution < 1.29 is 9.90 Å². The SMILES string of the molecule is CSC(C)(C)Cn1c(C(C)(C)C)cnc1SCC(=O)O. The first-order valence-electron chi connectivity index (χ1n) is 6.52. The standard InChI is InChI=1S/C14H24N2O2S2/c1-13(2,3)10-7-15-12(20-8-11(17)18)16(10)9-14(4,5)19-6/h7H,8-9H2,1-6H3,(H,17,18). The molecule has 1 aromatic rings. The summed E-state index contributed by atoms with van der Waals surface area (Å²) in [5.41, 5.74) is 1.14. The second kappa shape index (κ2) is 6.43. The van der Waals surface area contributed by atoms with Crippen LogP contribution >= 0.6 is 23.5 Å². The van der Waals surface area contributed by atoms with E-state index in [1.807, 2.05) is 6.20 Å². The molecule has 1 aromatic heterocycles. The number of carboxylic acid groups (broad SMARTS) is 1. The number of carboxylic acids is 1. The summed E-state index contributed by atoms with van der Waals surface area (Å²) in [6.07, 6.45) is 3.97. The zero-order chi connectivity index (χ0) is 15.6. The maximum absolute atomic E-state index is 10.8. The Morgan fingerprint density at radius 3 is 2.40 bits per heavy atom. The molecule has 0 radical (unpaired) electrons. The van der Waals surface area contributed by atoms with Gasteiger partial charge >= 0.3 is 5.97 Å². The number of aliphatic carboxylic acids is 1. The fraction of sp³-hybridized carbons (Fsp3) is 0.714. The lowest BCUT2D eigenvalue weighted by atomic mass is 9.92. The van der Waals surface area contributed by atoms with Gasteiger partial charge in [-0.1, -0.05) is 32.5 Å². The molecule has 0 saturated heterocycles. The Balaban J connectivity index is 3.13. The van der Waals surface area contributed by atoms with Gasteiger partial charge in [-0.05, 0) is 20.1 Å². The predicted molar refractivity (Wildman–Crippen MR) is 86.9 cm³/mol. The Morgan fingerprint density at radius 1 is 1.35 bits per heavy atom. The maximum atomic E-state index is 10.8. The van der Waals surface area contributed by atoms with E-state index in [4.69, 9.17) is 5.11 Å². The zero-order valence-electron chi connectivity index (χ0n) is 13.1. The van der Waals surface area contributed by atoms with Gasteiger partial charge in [-0.2, -0.15) is 11.8 Å². The first kappa shape index (κ1) is 17.4. The van der Waals surface area contributed by atoms with E-state index in [9.17, 15) is 4.79 Å². The Bertz CT molecular complexity index is 476.